The molecule has 7 nitrogen and oxygen atoms in total. The molecule has 6 rings (SSSR count). The molecule has 0 saturated heterocycles. The van der Waals surface area contributed by atoms with E-state index in [4.69, 9.17) is 14.7 Å². The predicted molar refractivity (Wildman–Crippen MR) is 133 cm³/mol. The fourth-order valence-corrected chi connectivity index (χ4v) is 6.42. The van der Waals surface area contributed by atoms with E-state index < -0.39 is 25.6 Å². The van der Waals surface area contributed by atoms with Crippen molar-refractivity contribution in [1.82, 2.24) is 19.4 Å². The summed E-state index contributed by atoms with van der Waals surface area (Å²) < 4.78 is 60.4. The van der Waals surface area contributed by atoms with Gasteiger partial charge in [0, 0.05) is 35.5 Å². The van der Waals surface area contributed by atoms with Gasteiger partial charge >= 0.3 is 6.61 Å². The molecule has 0 radical (unpaired) electrons. The summed E-state index contributed by atoms with van der Waals surface area (Å²) in [5.41, 5.74) is 2.68. The molecule has 2 atom stereocenters. The maximum atomic E-state index is 14.8. The minimum absolute atomic E-state index is 0.0630. The van der Waals surface area contributed by atoms with Crippen molar-refractivity contribution in [3.05, 3.63) is 71.3 Å². The average Bonchev–Trinajstić information content (AvgIpc) is 3.35. The molecule has 37 heavy (non-hydrogen) atoms. The summed E-state index contributed by atoms with van der Waals surface area (Å²) in [6, 6.07) is 11.6. The van der Waals surface area contributed by atoms with Crippen LogP contribution in [0, 0.1) is 5.82 Å². The van der Waals surface area contributed by atoms with Gasteiger partial charge in [0.2, 0.25) is 0 Å². The third-order valence-corrected chi connectivity index (χ3v) is 8.60. The van der Waals surface area contributed by atoms with Gasteiger partial charge in [0.1, 0.15) is 30.0 Å². The van der Waals surface area contributed by atoms with Gasteiger partial charge in [0.15, 0.2) is 5.65 Å². The van der Waals surface area contributed by atoms with Gasteiger partial charge in [-0.1, -0.05) is 12.1 Å². The van der Waals surface area contributed by atoms with Crippen LogP contribution in [0.3, 0.4) is 0 Å². The van der Waals surface area contributed by atoms with Crippen molar-refractivity contribution in [2.24, 2.45) is 0 Å². The molecule has 2 aromatic carbocycles. The molecule has 1 amide bonds. The van der Waals surface area contributed by atoms with Crippen molar-refractivity contribution < 1.29 is 27.3 Å². The number of aromatic nitrogens is 3. The highest BCUT2D eigenvalue weighted by Crippen LogP contribution is 2.49. The molecule has 190 valence electrons. The molecule has 0 spiro atoms. The molecule has 0 fully saturated rings. The Balaban J connectivity index is 1.54. The molecule has 0 aliphatic carbocycles. The predicted octanol–water partition coefficient (Wildman–Crippen LogP) is 5.21. The van der Waals surface area contributed by atoms with Gasteiger partial charge in [-0.05, 0) is 49.7 Å². The van der Waals surface area contributed by atoms with Crippen molar-refractivity contribution in [2.75, 3.05) is 20.4 Å². The number of imidazole rings is 1. The molecule has 0 unspecified atom stereocenters. The highest BCUT2D eigenvalue weighted by atomic mass is 31.2. The highest BCUT2D eigenvalue weighted by Gasteiger charge is 2.45. The Bertz CT molecular complexity index is 1650. The lowest BCUT2D eigenvalue weighted by molar-refractivity contribution is -0.0507. The van der Waals surface area contributed by atoms with Gasteiger partial charge in [0.25, 0.3) is 5.91 Å². The first-order chi connectivity index (χ1) is 17.5. The first-order valence-electron chi connectivity index (χ1n) is 11.6. The summed E-state index contributed by atoms with van der Waals surface area (Å²) in [4.78, 5) is 24.3. The summed E-state index contributed by atoms with van der Waals surface area (Å²) in [5, 5.41) is 0.170. The quantitative estimate of drug-likeness (QED) is 0.342. The van der Waals surface area contributed by atoms with Gasteiger partial charge in [-0.3, -0.25) is 4.79 Å². The van der Waals surface area contributed by atoms with Crippen molar-refractivity contribution in [2.45, 2.75) is 25.1 Å². The van der Waals surface area contributed by atoms with Crippen LogP contribution in [0.1, 0.15) is 40.3 Å². The molecule has 0 saturated carbocycles. The normalized spacial score (nSPS) is 18.8. The van der Waals surface area contributed by atoms with E-state index in [2.05, 4.69) is 0 Å². The number of pyridine rings is 1. The zero-order valence-corrected chi connectivity index (χ0v) is 21.0. The van der Waals surface area contributed by atoms with Crippen LogP contribution in [0.25, 0.3) is 22.4 Å². The van der Waals surface area contributed by atoms with Crippen LogP contribution in [0.15, 0.2) is 48.5 Å². The van der Waals surface area contributed by atoms with E-state index in [0.29, 0.717) is 40.2 Å². The molecule has 4 aromatic rings. The van der Waals surface area contributed by atoms with Crippen LogP contribution in [0.2, 0.25) is 0 Å². The van der Waals surface area contributed by atoms with Gasteiger partial charge in [0.05, 0.1) is 17.8 Å². The molecule has 11 heteroatoms. The Hall–Kier alpha value is -3.65. The Kier molecular flexibility index (Phi) is 5.25. The van der Waals surface area contributed by atoms with Crippen LogP contribution in [-0.2, 0) is 4.57 Å². The lowest BCUT2D eigenvalue weighted by Gasteiger charge is -2.24. The van der Waals surface area contributed by atoms with Crippen LogP contribution in [0.4, 0.5) is 13.2 Å². The van der Waals surface area contributed by atoms with Gasteiger partial charge in [-0.15, -0.1) is 0 Å². The van der Waals surface area contributed by atoms with E-state index >= 15 is 0 Å². The van der Waals surface area contributed by atoms with Crippen molar-refractivity contribution >= 4 is 29.5 Å². The average molecular weight is 526 g/mol. The largest absolute Gasteiger partial charge is 0.434 e. The molecule has 2 aliphatic rings. The second-order valence-electron chi connectivity index (χ2n) is 9.68. The Labute approximate surface area is 210 Å². The van der Waals surface area contributed by atoms with E-state index in [1.807, 2.05) is 4.57 Å². The first-order valence-corrected chi connectivity index (χ1v) is 14.2. The molecule has 2 bridgehead atoms. The van der Waals surface area contributed by atoms with Gasteiger partial charge in [-0.2, -0.15) is 8.78 Å². The van der Waals surface area contributed by atoms with E-state index in [-0.39, 0.29) is 28.6 Å². The lowest BCUT2D eigenvalue weighted by atomic mass is 9.98. The van der Waals surface area contributed by atoms with E-state index in [9.17, 15) is 22.5 Å². The maximum Gasteiger partial charge on any atom is 0.387 e. The lowest BCUT2D eigenvalue weighted by Crippen LogP contribution is -2.30. The Morgan fingerprint density at radius 2 is 1.86 bits per heavy atom. The third kappa shape index (κ3) is 3.65. The number of rotatable bonds is 4. The van der Waals surface area contributed by atoms with Crippen LogP contribution in [-0.4, -0.2) is 52.3 Å². The van der Waals surface area contributed by atoms with Gasteiger partial charge < -0.3 is 18.8 Å². The second-order valence-corrected chi connectivity index (χ2v) is 12.9. The summed E-state index contributed by atoms with van der Waals surface area (Å²) in [5.74, 6) is -0.334. The molecule has 2 aromatic heterocycles. The number of ether oxygens (including phenoxy) is 1. The van der Waals surface area contributed by atoms with Crippen LogP contribution < -0.4 is 10.0 Å². The minimum atomic E-state index is -3.05. The third-order valence-electron chi connectivity index (χ3n) is 7.08. The Morgan fingerprint density at radius 3 is 2.57 bits per heavy atom. The SMILES string of the molecule is CN1C(=O)c2cccc(OC(F)F)c2[C@H]2C[C@@H]1c1nc3ccc(-c4ccc(P(C)(C)=O)c(F)c4)nc3n12. The summed E-state index contributed by atoms with van der Waals surface area (Å²) in [6.45, 7) is -0.0307. The number of fused-ring (bicyclic) bond motifs is 9. The maximum absolute atomic E-state index is 14.8. The second kappa shape index (κ2) is 8.18. The van der Waals surface area contributed by atoms with Crippen LogP contribution >= 0.6 is 7.14 Å². The Morgan fingerprint density at radius 1 is 1.08 bits per heavy atom. The topological polar surface area (TPSA) is 77.3 Å². The van der Waals surface area contributed by atoms with Gasteiger partial charge in [-0.25, -0.2) is 14.4 Å². The number of hydrogen-bond donors (Lipinski definition) is 0. The van der Waals surface area contributed by atoms with E-state index in [0.717, 1.165) is 0 Å². The summed E-state index contributed by atoms with van der Waals surface area (Å²) >= 11 is 0. The standard InChI is InChI=1S/C26H22F3N4O3P/c1-32-19-12-18(22-14(25(32)34)5-4-6-20(22)36-26(28)29)33-23-17(31-24(19)33)9-8-16(30-23)13-7-10-21(15(27)11-13)37(2,3)35/h4-11,18-19,26H,12H2,1-3H3/t18-,19-/m1/s1. The molecule has 2 aliphatic heterocycles. The summed E-state index contributed by atoms with van der Waals surface area (Å²) in [6.07, 6.45) is 0.425. The molecular weight excluding hydrogens is 504 g/mol. The minimum Gasteiger partial charge on any atom is -0.434 e. The fraction of sp³-hybridized carbons (Fsp3) is 0.269. The monoisotopic (exact) mass is 526 g/mol. The number of hydrogen-bond acceptors (Lipinski definition) is 5. The first kappa shape index (κ1) is 23.7. The zero-order chi connectivity index (χ0) is 26.2. The number of nitrogens with zero attached hydrogens (tertiary/aromatic N) is 4. The highest BCUT2D eigenvalue weighted by molar-refractivity contribution is 7.70. The zero-order valence-electron chi connectivity index (χ0n) is 20.2. The molecular formula is C26H22F3N4O3P. The van der Waals surface area contributed by atoms with E-state index in [1.54, 1.807) is 36.2 Å². The molecule has 4 heterocycles. The number of carbonyl (C=O) groups is 1. The fourth-order valence-electron chi connectivity index (χ4n) is 5.40. The molecule has 0 N–H and O–H groups in total. The number of alkyl halides is 2. The van der Waals surface area contributed by atoms with Crippen molar-refractivity contribution in [3.8, 4) is 17.0 Å². The van der Waals surface area contributed by atoms with Crippen molar-refractivity contribution in [1.29, 1.82) is 0 Å². The number of benzene rings is 2. The van der Waals surface area contributed by atoms with E-state index in [1.165, 1.54) is 37.6 Å². The van der Waals surface area contributed by atoms with Crippen LogP contribution in [0.5, 0.6) is 5.75 Å². The number of carbonyl (C=O) groups excluding carboxylic acids is 1. The summed E-state index contributed by atoms with van der Waals surface area (Å²) in [7, 11) is -1.12. The number of halogens is 3. The van der Waals surface area contributed by atoms with Crippen molar-refractivity contribution in [3.63, 3.8) is 0 Å². The number of amides is 1. The smallest absolute Gasteiger partial charge is 0.387 e.